The molecule has 1 aromatic heterocycles. The van der Waals surface area contributed by atoms with Gasteiger partial charge in [-0.25, -0.2) is 15.0 Å². The van der Waals surface area contributed by atoms with Crippen LogP contribution in [0.15, 0.2) is 36.7 Å². The van der Waals surface area contributed by atoms with E-state index in [4.69, 9.17) is 4.74 Å². The van der Waals surface area contributed by atoms with Crippen LogP contribution in [0.4, 0.5) is 5.95 Å². The monoisotopic (exact) mass is 426 g/mol. The Morgan fingerprint density at radius 1 is 0.968 bits per heavy atom. The molecule has 2 aliphatic rings. The van der Waals surface area contributed by atoms with Gasteiger partial charge in [-0.2, -0.15) is 0 Å². The number of hydrogen-bond donors (Lipinski definition) is 1. The van der Waals surface area contributed by atoms with Gasteiger partial charge in [0, 0.05) is 78.1 Å². The van der Waals surface area contributed by atoms with Crippen LogP contribution >= 0.6 is 0 Å². The summed E-state index contributed by atoms with van der Waals surface area (Å²) in [6.45, 7) is 8.48. The highest BCUT2D eigenvalue weighted by Gasteiger charge is 2.22. The standard InChI is InChI=1S/C23H34N6O2/c1-3-19-16-24-23(25-17-19)28-10-8-22(9-11-28)31-21-6-4-20(5-7-21)18-27-12-14-29(15-13-27)26(2)30/h4-7,16-17,22,30H,3,8-15,18H2,1-2H3. The van der Waals surface area contributed by atoms with Crippen LogP contribution in [0.25, 0.3) is 0 Å². The quantitative estimate of drug-likeness (QED) is 0.677. The molecule has 0 saturated carbocycles. The fraction of sp³-hybridized carbons (Fsp3) is 0.565. The van der Waals surface area contributed by atoms with Crippen LogP contribution in [-0.2, 0) is 13.0 Å². The van der Waals surface area contributed by atoms with Crippen LogP contribution in [0, 0.1) is 0 Å². The minimum Gasteiger partial charge on any atom is -0.490 e. The summed E-state index contributed by atoms with van der Waals surface area (Å²) in [6.07, 6.45) is 7.01. The normalized spacial score (nSPS) is 19.2. The Bertz CT molecular complexity index is 798. The van der Waals surface area contributed by atoms with E-state index in [1.165, 1.54) is 16.3 Å². The molecule has 4 rings (SSSR count). The van der Waals surface area contributed by atoms with Gasteiger partial charge in [-0.3, -0.25) is 10.1 Å². The van der Waals surface area contributed by atoms with Gasteiger partial charge in [0.15, 0.2) is 0 Å². The second-order valence-corrected chi connectivity index (χ2v) is 8.41. The number of aryl methyl sites for hydroxylation is 1. The molecule has 8 heteroatoms. The molecular formula is C23H34N6O2. The highest BCUT2D eigenvalue weighted by molar-refractivity contribution is 5.31. The number of benzene rings is 1. The van der Waals surface area contributed by atoms with Crippen molar-refractivity contribution < 1.29 is 9.94 Å². The summed E-state index contributed by atoms with van der Waals surface area (Å²) >= 11 is 0. The Kier molecular flexibility index (Phi) is 7.34. The largest absolute Gasteiger partial charge is 0.490 e. The zero-order chi connectivity index (χ0) is 21.6. The fourth-order valence-electron chi connectivity index (χ4n) is 4.18. The molecule has 1 N–H and O–H groups in total. The Morgan fingerprint density at radius 3 is 2.19 bits per heavy atom. The van der Waals surface area contributed by atoms with Crippen LogP contribution < -0.4 is 9.64 Å². The molecule has 0 unspecified atom stereocenters. The molecule has 1 aromatic carbocycles. The maximum absolute atomic E-state index is 9.53. The molecule has 8 nitrogen and oxygen atoms in total. The van der Waals surface area contributed by atoms with Gasteiger partial charge >= 0.3 is 0 Å². The average molecular weight is 427 g/mol. The van der Waals surface area contributed by atoms with Crippen LogP contribution in [0.5, 0.6) is 5.75 Å². The first kappa shape index (κ1) is 22.0. The summed E-state index contributed by atoms with van der Waals surface area (Å²) in [7, 11) is 1.68. The average Bonchev–Trinajstić information content (AvgIpc) is 2.81. The van der Waals surface area contributed by atoms with Crippen molar-refractivity contribution in [3.63, 3.8) is 0 Å². The number of anilines is 1. The minimum atomic E-state index is 0.237. The maximum atomic E-state index is 9.53. The third kappa shape index (κ3) is 5.92. The molecule has 2 aromatic rings. The molecule has 31 heavy (non-hydrogen) atoms. The van der Waals surface area contributed by atoms with E-state index in [-0.39, 0.29) is 6.10 Å². The van der Waals surface area contributed by atoms with Crippen molar-refractivity contribution in [1.82, 2.24) is 25.0 Å². The molecule has 0 radical (unpaired) electrons. The molecule has 2 saturated heterocycles. The lowest BCUT2D eigenvalue weighted by Gasteiger charge is -2.36. The van der Waals surface area contributed by atoms with Crippen molar-refractivity contribution in [2.24, 2.45) is 0 Å². The lowest BCUT2D eigenvalue weighted by Crippen LogP contribution is -2.51. The number of piperazine rings is 1. The van der Waals surface area contributed by atoms with Crippen LogP contribution in [0.3, 0.4) is 0 Å². The van der Waals surface area contributed by atoms with Crippen molar-refractivity contribution in [2.45, 2.75) is 38.8 Å². The van der Waals surface area contributed by atoms with E-state index in [1.807, 2.05) is 17.4 Å². The first-order valence-electron chi connectivity index (χ1n) is 11.3. The molecule has 2 fully saturated rings. The number of aromatic nitrogens is 2. The van der Waals surface area contributed by atoms with Crippen LogP contribution in [0.2, 0.25) is 0 Å². The molecule has 0 amide bonds. The Balaban J connectivity index is 1.21. The van der Waals surface area contributed by atoms with Crippen molar-refractivity contribution in [1.29, 1.82) is 0 Å². The van der Waals surface area contributed by atoms with E-state index < -0.39 is 0 Å². The van der Waals surface area contributed by atoms with Crippen molar-refractivity contribution in [3.8, 4) is 5.75 Å². The zero-order valence-corrected chi connectivity index (χ0v) is 18.7. The molecule has 0 aliphatic carbocycles. The SMILES string of the molecule is CCc1cnc(N2CCC(Oc3ccc(CN4CCN(N(C)O)CC4)cc3)CC2)nc1. The summed E-state index contributed by atoms with van der Waals surface area (Å²) in [6, 6.07) is 8.51. The van der Waals surface area contributed by atoms with Gasteiger partial charge in [0.25, 0.3) is 0 Å². The summed E-state index contributed by atoms with van der Waals surface area (Å²) in [5.74, 6) is 1.77. The predicted octanol–water partition coefficient (Wildman–Crippen LogP) is 2.44. The molecule has 0 bridgehead atoms. The van der Waals surface area contributed by atoms with E-state index >= 15 is 0 Å². The Hall–Kier alpha value is -2.26. The third-order valence-electron chi connectivity index (χ3n) is 6.22. The zero-order valence-electron chi connectivity index (χ0n) is 18.7. The summed E-state index contributed by atoms with van der Waals surface area (Å²) < 4.78 is 6.24. The summed E-state index contributed by atoms with van der Waals surface area (Å²) in [4.78, 5) is 13.7. The lowest BCUT2D eigenvalue weighted by atomic mass is 10.1. The molecule has 168 valence electrons. The first-order valence-corrected chi connectivity index (χ1v) is 11.3. The number of hydrazine groups is 1. The molecular weight excluding hydrogens is 392 g/mol. The van der Waals surface area contributed by atoms with Crippen molar-refractivity contribution >= 4 is 5.95 Å². The molecule has 0 spiro atoms. The Labute approximate surface area is 185 Å². The Morgan fingerprint density at radius 2 is 1.61 bits per heavy atom. The number of ether oxygens (including phenoxy) is 1. The topological polar surface area (TPSA) is 68.2 Å². The summed E-state index contributed by atoms with van der Waals surface area (Å²) in [5.41, 5.74) is 2.46. The van der Waals surface area contributed by atoms with Crippen molar-refractivity contribution in [3.05, 3.63) is 47.8 Å². The van der Waals surface area contributed by atoms with E-state index in [0.29, 0.717) is 0 Å². The predicted molar refractivity (Wildman–Crippen MR) is 120 cm³/mol. The van der Waals surface area contributed by atoms with Crippen LogP contribution in [-0.4, -0.2) is 82.7 Å². The van der Waals surface area contributed by atoms with Gasteiger partial charge in [0.05, 0.1) is 0 Å². The molecule has 3 heterocycles. The molecule has 2 aliphatic heterocycles. The van der Waals surface area contributed by atoms with Crippen molar-refractivity contribution in [2.75, 3.05) is 51.2 Å². The minimum absolute atomic E-state index is 0.237. The van der Waals surface area contributed by atoms with E-state index in [2.05, 4.69) is 51.0 Å². The van der Waals surface area contributed by atoms with Gasteiger partial charge in [0.1, 0.15) is 11.9 Å². The van der Waals surface area contributed by atoms with Gasteiger partial charge in [-0.15, -0.1) is 5.17 Å². The van der Waals surface area contributed by atoms with Gasteiger partial charge in [-0.1, -0.05) is 19.1 Å². The van der Waals surface area contributed by atoms with E-state index in [9.17, 15) is 5.21 Å². The van der Waals surface area contributed by atoms with Gasteiger partial charge < -0.3 is 9.64 Å². The van der Waals surface area contributed by atoms with Gasteiger partial charge in [0.2, 0.25) is 5.95 Å². The second-order valence-electron chi connectivity index (χ2n) is 8.41. The smallest absolute Gasteiger partial charge is 0.225 e. The second kappa shape index (κ2) is 10.4. The lowest BCUT2D eigenvalue weighted by molar-refractivity contribution is -0.236. The third-order valence-corrected chi connectivity index (χ3v) is 6.22. The molecule has 0 atom stereocenters. The number of hydrogen-bond acceptors (Lipinski definition) is 8. The fourth-order valence-corrected chi connectivity index (χ4v) is 4.18. The number of piperidine rings is 1. The first-order chi connectivity index (χ1) is 15.1. The highest BCUT2D eigenvalue weighted by atomic mass is 16.5. The summed E-state index contributed by atoms with van der Waals surface area (Å²) in [5, 5.41) is 12.7. The number of nitrogens with zero attached hydrogens (tertiary/aromatic N) is 6. The van der Waals surface area contributed by atoms with E-state index in [0.717, 1.165) is 76.8 Å². The van der Waals surface area contributed by atoms with Gasteiger partial charge in [-0.05, 0) is 29.7 Å². The highest BCUT2D eigenvalue weighted by Crippen LogP contribution is 2.22. The number of rotatable bonds is 7. The van der Waals surface area contributed by atoms with E-state index in [1.54, 1.807) is 7.05 Å². The number of hydroxylamine groups is 1. The maximum Gasteiger partial charge on any atom is 0.225 e. The van der Waals surface area contributed by atoms with Crippen LogP contribution in [0.1, 0.15) is 30.9 Å².